The highest BCUT2D eigenvalue weighted by molar-refractivity contribution is 14.0. The summed E-state index contributed by atoms with van der Waals surface area (Å²) in [5.74, 6) is 2.30. The molecule has 28 heavy (non-hydrogen) atoms. The van der Waals surface area contributed by atoms with Crippen LogP contribution < -0.4 is 20.3 Å². The molecular weight excluding hydrogens is 491 g/mol. The number of nitrogens with zero attached hydrogens (tertiary/aromatic N) is 2. The van der Waals surface area contributed by atoms with Gasteiger partial charge < -0.3 is 20.3 Å². The molecule has 1 aliphatic rings. The van der Waals surface area contributed by atoms with Gasteiger partial charge in [-0.15, -0.1) is 24.0 Å². The molecule has 1 saturated heterocycles. The molecule has 0 spiro atoms. The van der Waals surface area contributed by atoms with E-state index in [0.29, 0.717) is 12.3 Å². The first-order valence-electron chi connectivity index (χ1n) is 9.34. The number of ether oxygens (including phenoxy) is 1. The van der Waals surface area contributed by atoms with Crippen LogP contribution in [0.15, 0.2) is 29.3 Å². The van der Waals surface area contributed by atoms with Gasteiger partial charge in [0.25, 0.3) is 0 Å². The molecule has 1 fully saturated rings. The van der Waals surface area contributed by atoms with Gasteiger partial charge in [0.2, 0.25) is 0 Å². The largest absolute Gasteiger partial charge is 0.497 e. The van der Waals surface area contributed by atoms with Crippen molar-refractivity contribution < 1.29 is 13.2 Å². The highest BCUT2D eigenvalue weighted by Crippen LogP contribution is 2.26. The van der Waals surface area contributed by atoms with Gasteiger partial charge in [-0.2, -0.15) is 0 Å². The zero-order chi connectivity index (χ0) is 19.9. The van der Waals surface area contributed by atoms with E-state index in [9.17, 15) is 8.42 Å². The normalized spacial score (nSPS) is 18.4. The predicted octanol–water partition coefficient (Wildman–Crippen LogP) is 2.13. The Labute approximate surface area is 186 Å². The first-order valence-corrected chi connectivity index (χ1v) is 11.4. The average molecular weight is 524 g/mol. The molecule has 2 atom stereocenters. The van der Waals surface area contributed by atoms with E-state index >= 15 is 0 Å². The Morgan fingerprint density at radius 3 is 2.82 bits per heavy atom. The molecule has 7 nitrogen and oxygen atoms in total. The highest BCUT2D eigenvalue weighted by atomic mass is 127. The van der Waals surface area contributed by atoms with Crippen LogP contribution in [0.1, 0.15) is 19.8 Å². The van der Waals surface area contributed by atoms with Crippen molar-refractivity contribution in [2.45, 2.75) is 25.8 Å². The molecule has 0 saturated carbocycles. The fraction of sp³-hybridized carbons (Fsp3) is 0.632. The third kappa shape index (κ3) is 8.42. The van der Waals surface area contributed by atoms with Crippen LogP contribution >= 0.6 is 24.0 Å². The molecule has 1 heterocycles. The van der Waals surface area contributed by atoms with Gasteiger partial charge in [0.15, 0.2) is 5.96 Å². The fourth-order valence-electron chi connectivity index (χ4n) is 3.17. The molecule has 0 radical (unpaired) electrons. The summed E-state index contributed by atoms with van der Waals surface area (Å²) in [6.07, 6.45) is 2.94. The van der Waals surface area contributed by atoms with Crippen molar-refractivity contribution >= 4 is 45.5 Å². The lowest BCUT2D eigenvalue weighted by Crippen LogP contribution is -2.44. The number of benzene rings is 1. The lowest BCUT2D eigenvalue weighted by atomic mass is 10.1. The van der Waals surface area contributed by atoms with Crippen LogP contribution in [-0.4, -0.2) is 66.2 Å². The minimum absolute atomic E-state index is 0. The molecule has 1 aromatic rings. The molecule has 0 aromatic heterocycles. The lowest BCUT2D eigenvalue weighted by molar-refractivity contribution is 0.415. The van der Waals surface area contributed by atoms with Gasteiger partial charge in [0, 0.05) is 50.7 Å². The maximum absolute atomic E-state index is 11.3. The molecule has 1 aliphatic heterocycles. The standard InChI is InChI=1S/C19H32N4O3S.HI/c1-15(9-11-27(4,24)25)22-19(20-2)21-13-16-8-10-23(14-16)17-6-5-7-18(12-17)26-3;/h5-7,12,15-16H,8-11,13-14H2,1-4H3,(H2,20,21,22);1H. The summed E-state index contributed by atoms with van der Waals surface area (Å²) < 4.78 is 27.9. The van der Waals surface area contributed by atoms with Crippen LogP contribution in [0.25, 0.3) is 0 Å². The second-order valence-electron chi connectivity index (χ2n) is 7.22. The van der Waals surface area contributed by atoms with Crippen molar-refractivity contribution in [2.75, 3.05) is 50.7 Å². The van der Waals surface area contributed by atoms with E-state index in [4.69, 9.17) is 4.74 Å². The van der Waals surface area contributed by atoms with Gasteiger partial charge in [-0.1, -0.05) is 6.07 Å². The van der Waals surface area contributed by atoms with Crippen molar-refractivity contribution in [3.05, 3.63) is 24.3 Å². The summed E-state index contributed by atoms with van der Waals surface area (Å²) in [7, 11) is 0.478. The van der Waals surface area contributed by atoms with E-state index < -0.39 is 9.84 Å². The van der Waals surface area contributed by atoms with Gasteiger partial charge in [-0.05, 0) is 37.8 Å². The first-order chi connectivity index (χ1) is 12.8. The Kier molecular flexibility index (Phi) is 10.4. The minimum Gasteiger partial charge on any atom is -0.497 e. The first kappa shape index (κ1) is 24.8. The van der Waals surface area contributed by atoms with Crippen molar-refractivity contribution in [3.8, 4) is 5.75 Å². The maximum Gasteiger partial charge on any atom is 0.191 e. The van der Waals surface area contributed by atoms with Crippen molar-refractivity contribution in [1.29, 1.82) is 0 Å². The van der Waals surface area contributed by atoms with Crippen LogP contribution in [0.4, 0.5) is 5.69 Å². The van der Waals surface area contributed by atoms with Crippen LogP contribution in [-0.2, 0) is 9.84 Å². The number of aliphatic imine (C=N–C) groups is 1. The SMILES string of the molecule is CN=C(NCC1CCN(c2cccc(OC)c2)C1)NC(C)CCS(C)(=O)=O.I. The Hall–Kier alpha value is -1.23. The van der Waals surface area contributed by atoms with E-state index in [1.807, 2.05) is 19.1 Å². The van der Waals surface area contributed by atoms with E-state index in [2.05, 4.69) is 32.7 Å². The van der Waals surface area contributed by atoms with Gasteiger partial charge in [0.1, 0.15) is 15.6 Å². The molecular formula is C19H33IN4O3S. The number of hydrogen-bond acceptors (Lipinski definition) is 5. The number of nitrogens with one attached hydrogen (secondary N) is 2. The van der Waals surface area contributed by atoms with Gasteiger partial charge >= 0.3 is 0 Å². The smallest absolute Gasteiger partial charge is 0.191 e. The zero-order valence-electron chi connectivity index (χ0n) is 17.1. The quantitative estimate of drug-likeness (QED) is 0.308. The van der Waals surface area contributed by atoms with E-state index in [-0.39, 0.29) is 35.8 Å². The second-order valence-corrected chi connectivity index (χ2v) is 9.48. The fourth-order valence-corrected chi connectivity index (χ4v) is 3.95. The third-order valence-electron chi connectivity index (χ3n) is 4.79. The van der Waals surface area contributed by atoms with Gasteiger partial charge in [-0.25, -0.2) is 8.42 Å². The molecule has 1 aromatic carbocycles. The van der Waals surface area contributed by atoms with E-state index in [1.54, 1.807) is 14.2 Å². The topological polar surface area (TPSA) is 83.0 Å². The van der Waals surface area contributed by atoms with Crippen LogP contribution in [0.3, 0.4) is 0 Å². The highest BCUT2D eigenvalue weighted by Gasteiger charge is 2.23. The summed E-state index contributed by atoms with van der Waals surface area (Å²) in [6.45, 7) is 4.81. The Morgan fingerprint density at radius 2 is 2.18 bits per heavy atom. The van der Waals surface area contributed by atoms with Crippen LogP contribution in [0, 0.1) is 5.92 Å². The van der Waals surface area contributed by atoms with Crippen molar-refractivity contribution in [3.63, 3.8) is 0 Å². The molecule has 2 rings (SSSR count). The molecule has 2 unspecified atom stereocenters. The molecule has 0 amide bonds. The van der Waals surface area contributed by atoms with E-state index in [0.717, 1.165) is 37.8 Å². The molecule has 9 heteroatoms. The number of rotatable bonds is 8. The summed E-state index contributed by atoms with van der Waals surface area (Å²) in [5, 5.41) is 6.64. The Balaban J connectivity index is 0.00000392. The number of guanidine groups is 1. The second kappa shape index (κ2) is 11.7. The van der Waals surface area contributed by atoms with Crippen LogP contribution in [0.5, 0.6) is 5.75 Å². The number of methoxy groups -OCH3 is 1. The number of hydrogen-bond donors (Lipinski definition) is 2. The zero-order valence-corrected chi connectivity index (χ0v) is 20.3. The summed E-state index contributed by atoms with van der Waals surface area (Å²) >= 11 is 0. The van der Waals surface area contributed by atoms with Crippen LogP contribution in [0.2, 0.25) is 0 Å². The third-order valence-corrected chi connectivity index (χ3v) is 5.77. The predicted molar refractivity (Wildman–Crippen MR) is 127 cm³/mol. The van der Waals surface area contributed by atoms with E-state index in [1.165, 1.54) is 11.9 Å². The number of anilines is 1. The molecule has 160 valence electrons. The lowest BCUT2D eigenvalue weighted by Gasteiger charge is -2.21. The number of halogens is 1. The summed E-state index contributed by atoms with van der Waals surface area (Å²) in [6, 6.07) is 8.20. The van der Waals surface area contributed by atoms with Crippen molar-refractivity contribution in [1.82, 2.24) is 10.6 Å². The Bertz CT molecular complexity index is 742. The van der Waals surface area contributed by atoms with Gasteiger partial charge in [-0.3, -0.25) is 4.99 Å². The monoisotopic (exact) mass is 524 g/mol. The molecule has 0 aliphatic carbocycles. The summed E-state index contributed by atoms with van der Waals surface area (Å²) in [4.78, 5) is 6.62. The Morgan fingerprint density at radius 1 is 1.43 bits per heavy atom. The van der Waals surface area contributed by atoms with Crippen molar-refractivity contribution in [2.24, 2.45) is 10.9 Å². The number of sulfone groups is 1. The maximum atomic E-state index is 11.3. The average Bonchev–Trinajstić information content (AvgIpc) is 3.12. The molecule has 0 bridgehead atoms. The minimum atomic E-state index is -2.94. The summed E-state index contributed by atoms with van der Waals surface area (Å²) in [5.41, 5.74) is 1.19. The molecule has 2 N–H and O–H groups in total. The van der Waals surface area contributed by atoms with Gasteiger partial charge in [0.05, 0.1) is 12.9 Å².